The van der Waals surface area contributed by atoms with Crippen LogP contribution in [0.15, 0.2) is 0 Å². The molecule has 17 heavy (non-hydrogen) atoms. The van der Waals surface area contributed by atoms with Gasteiger partial charge in [0.15, 0.2) is 5.78 Å². The summed E-state index contributed by atoms with van der Waals surface area (Å²) in [5.74, 6) is -0.662. The molecule has 0 atom stereocenters. The van der Waals surface area contributed by atoms with E-state index in [1.807, 2.05) is 20.8 Å². The van der Waals surface area contributed by atoms with Crippen LogP contribution in [0.5, 0.6) is 0 Å². The first kappa shape index (κ1) is 13.4. The Bertz CT molecular complexity index is 435. The number of Topliss-reactive ketones (excluding diaryl/α,β-unsaturated/α-hetero) is 1. The standard InChI is InChI=1S/C12H18N2O3/c1-5-17-12(16)6-11(15)7-14-10(4)8(2)9(3)13-14/h5-7H2,1-4H3. The topological polar surface area (TPSA) is 61.2 Å². The number of ketones is 1. The fourth-order valence-corrected chi connectivity index (χ4v) is 1.54. The Balaban J connectivity index is 2.62. The van der Waals surface area contributed by atoms with Crippen molar-refractivity contribution in [3.63, 3.8) is 0 Å². The van der Waals surface area contributed by atoms with Crippen LogP contribution in [0.2, 0.25) is 0 Å². The zero-order chi connectivity index (χ0) is 13.0. The molecule has 1 aromatic heterocycles. The van der Waals surface area contributed by atoms with Gasteiger partial charge in [-0.1, -0.05) is 0 Å². The van der Waals surface area contributed by atoms with E-state index in [4.69, 9.17) is 4.74 Å². The van der Waals surface area contributed by atoms with Crippen molar-refractivity contribution >= 4 is 11.8 Å². The lowest BCUT2D eigenvalue weighted by Gasteiger charge is -2.04. The quantitative estimate of drug-likeness (QED) is 0.573. The first-order chi connectivity index (χ1) is 7.95. The van der Waals surface area contributed by atoms with Crippen LogP contribution in [0.4, 0.5) is 0 Å². The van der Waals surface area contributed by atoms with Crippen molar-refractivity contribution in [2.45, 2.75) is 40.7 Å². The van der Waals surface area contributed by atoms with Crippen LogP contribution in [0.1, 0.15) is 30.3 Å². The van der Waals surface area contributed by atoms with Crippen LogP contribution in [0, 0.1) is 20.8 Å². The molecule has 0 unspecified atom stereocenters. The van der Waals surface area contributed by atoms with Crippen LogP contribution < -0.4 is 0 Å². The van der Waals surface area contributed by atoms with E-state index in [9.17, 15) is 9.59 Å². The lowest BCUT2D eigenvalue weighted by molar-refractivity contribution is -0.145. The molecule has 0 aliphatic carbocycles. The minimum absolute atomic E-state index is 0.124. The molecule has 0 spiro atoms. The Hall–Kier alpha value is -1.65. The van der Waals surface area contributed by atoms with Gasteiger partial charge in [-0.05, 0) is 33.3 Å². The number of rotatable bonds is 5. The minimum atomic E-state index is -0.476. The molecule has 0 amide bonds. The number of nitrogens with zero attached hydrogens (tertiary/aromatic N) is 2. The summed E-state index contributed by atoms with van der Waals surface area (Å²) >= 11 is 0. The van der Waals surface area contributed by atoms with Crippen LogP contribution >= 0.6 is 0 Å². The number of hydrogen-bond acceptors (Lipinski definition) is 4. The monoisotopic (exact) mass is 238 g/mol. The maximum Gasteiger partial charge on any atom is 0.313 e. The van der Waals surface area contributed by atoms with Gasteiger partial charge in [-0.25, -0.2) is 0 Å². The molecule has 0 fully saturated rings. The maximum atomic E-state index is 11.6. The third kappa shape index (κ3) is 3.41. The second-order valence-corrected chi connectivity index (χ2v) is 3.97. The number of aryl methyl sites for hydroxylation is 1. The van der Waals surface area contributed by atoms with Crippen molar-refractivity contribution in [3.05, 3.63) is 17.0 Å². The number of hydrogen-bond donors (Lipinski definition) is 0. The molecule has 1 heterocycles. The zero-order valence-corrected chi connectivity index (χ0v) is 10.7. The van der Waals surface area contributed by atoms with Gasteiger partial charge in [0.05, 0.1) is 12.3 Å². The van der Waals surface area contributed by atoms with Crippen molar-refractivity contribution < 1.29 is 14.3 Å². The molecule has 0 radical (unpaired) electrons. The Kier molecular flexibility index (Phi) is 4.43. The van der Waals surface area contributed by atoms with Crippen LogP contribution in [0.3, 0.4) is 0 Å². The smallest absolute Gasteiger partial charge is 0.313 e. The molecule has 5 nitrogen and oxygen atoms in total. The highest BCUT2D eigenvalue weighted by molar-refractivity contribution is 5.95. The highest BCUT2D eigenvalue weighted by atomic mass is 16.5. The van der Waals surface area contributed by atoms with Gasteiger partial charge in [-0.15, -0.1) is 0 Å². The van der Waals surface area contributed by atoms with Gasteiger partial charge in [0.1, 0.15) is 13.0 Å². The van der Waals surface area contributed by atoms with Gasteiger partial charge in [0.25, 0.3) is 0 Å². The van der Waals surface area contributed by atoms with E-state index in [-0.39, 0.29) is 18.7 Å². The van der Waals surface area contributed by atoms with E-state index in [1.165, 1.54) is 0 Å². The molecule has 1 aromatic rings. The van der Waals surface area contributed by atoms with E-state index >= 15 is 0 Å². The van der Waals surface area contributed by atoms with Gasteiger partial charge in [-0.2, -0.15) is 5.10 Å². The average molecular weight is 238 g/mol. The van der Waals surface area contributed by atoms with Crippen molar-refractivity contribution in [2.75, 3.05) is 6.61 Å². The number of ether oxygens (including phenoxy) is 1. The summed E-state index contributed by atoms with van der Waals surface area (Å²) in [7, 11) is 0. The molecular weight excluding hydrogens is 220 g/mol. The Morgan fingerprint density at radius 1 is 1.29 bits per heavy atom. The SMILES string of the molecule is CCOC(=O)CC(=O)Cn1nc(C)c(C)c1C. The predicted molar refractivity (Wildman–Crippen MR) is 62.7 cm³/mol. The number of carbonyl (C=O) groups is 2. The van der Waals surface area contributed by atoms with Crippen molar-refractivity contribution in [1.29, 1.82) is 0 Å². The van der Waals surface area contributed by atoms with Gasteiger partial charge in [-0.3, -0.25) is 14.3 Å². The summed E-state index contributed by atoms with van der Waals surface area (Å²) < 4.78 is 6.35. The summed E-state index contributed by atoms with van der Waals surface area (Å²) in [6, 6.07) is 0. The van der Waals surface area contributed by atoms with Gasteiger partial charge < -0.3 is 4.74 Å². The molecule has 0 saturated heterocycles. The highest BCUT2D eigenvalue weighted by Gasteiger charge is 2.14. The summed E-state index contributed by atoms with van der Waals surface area (Å²) in [6.07, 6.45) is -0.189. The Labute approximate surface area is 101 Å². The number of esters is 1. The first-order valence-corrected chi connectivity index (χ1v) is 5.63. The van der Waals surface area contributed by atoms with Crippen molar-refractivity contribution in [3.8, 4) is 0 Å². The third-order valence-corrected chi connectivity index (χ3v) is 2.72. The number of aromatic nitrogens is 2. The summed E-state index contributed by atoms with van der Waals surface area (Å²) in [6.45, 7) is 7.91. The second kappa shape index (κ2) is 5.61. The van der Waals surface area contributed by atoms with Gasteiger partial charge in [0, 0.05) is 5.69 Å². The highest BCUT2D eigenvalue weighted by Crippen LogP contribution is 2.11. The normalized spacial score (nSPS) is 10.4. The molecule has 0 N–H and O–H groups in total. The third-order valence-electron chi connectivity index (χ3n) is 2.72. The zero-order valence-electron chi connectivity index (χ0n) is 10.7. The molecule has 5 heteroatoms. The Morgan fingerprint density at radius 3 is 2.41 bits per heavy atom. The van der Waals surface area contributed by atoms with E-state index < -0.39 is 5.97 Å². The molecule has 94 valence electrons. The predicted octanol–water partition coefficient (Wildman–Crippen LogP) is 1.33. The lowest BCUT2D eigenvalue weighted by Crippen LogP contribution is -2.17. The van der Waals surface area contributed by atoms with Crippen LogP contribution in [-0.2, 0) is 20.9 Å². The Morgan fingerprint density at radius 2 is 1.94 bits per heavy atom. The van der Waals surface area contributed by atoms with Crippen LogP contribution in [0.25, 0.3) is 0 Å². The summed E-state index contributed by atoms with van der Waals surface area (Å²) in [5, 5.41) is 4.25. The van der Waals surface area contributed by atoms with Crippen molar-refractivity contribution in [1.82, 2.24) is 9.78 Å². The fraction of sp³-hybridized carbons (Fsp3) is 0.583. The lowest BCUT2D eigenvalue weighted by atomic mass is 10.2. The number of carbonyl (C=O) groups excluding carboxylic acids is 2. The average Bonchev–Trinajstić information content (AvgIpc) is 2.46. The minimum Gasteiger partial charge on any atom is -0.466 e. The maximum absolute atomic E-state index is 11.6. The molecule has 0 bridgehead atoms. The largest absolute Gasteiger partial charge is 0.466 e. The van der Waals surface area contributed by atoms with E-state index in [2.05, 4.69) is 5.10 Å². The second-order valence-electron chi connectivity index (χ2n) is 3.97. The summed E-state index contributed by atoms with van der Waals surface area (Å²) in [4.78, 5) is 22.7. The van der Waals surface area contributed by atoms with E-state index in [1.54, 1.807) is 11.6 Å². The summed E-state index contributed by atoms with van der Waals surface area (Å²) in [5.41, 5.74) is 2.94. The molecule has 0 saturated carbocycles. The first-order valence-electron chi connectivity index (χ1n) is 5.63. The molecule has 0 aromatic carbocycles. The molecular formula is C12H18N2O3. The van der Waals surface area contributed by atoms with Crippen LogP contribution in [-0.4, -0.2) is 28.1 Å². The fourth-order valence-electron chi connectivity index (χ4n) is 1.54. The van der Waals surface area contributed by atoms with Gasteiger partial charge >= 0.3 is 5.97 Å². The molecule has 0 aliphatic heterocycles. The van der Waals surface area contributed by atoms with E-state index in [0.29, 0.717) is 6.61 Å². The molecule has 0 aliphatic rings. The van der Waals surface area contributed by atoms with Crippen molar-refractivity contribution in [2.24, 2.45) is 0 Å². The molecule has 1 rings (SSSR count). The van der Waals surface area contributed by atoms with E-state index in [0.717, 1.165) is 17.0 Å². The van der Waals surface area contributed by atoms with Gasteiger partial charge in [0.2, 0.25) is 0 Å².